The van der Waals surface area contributed by atoms with Crippen LogP contribution in [0.4, 0.5) is 17.1 Å². The van der Waals surface area contributed by atoms with Crippen molar-refractivity contribution in [2.75, 3.05) is 4.90 Å². The zero-order valence-electron chi connectivity index (χ0n) is 30.1. The Balaban J connectivity index is 1.15. The third-order valence-electron chi connectivity index (χ3n) is 11.2. The highest BCUT2D eigenvalue weighted by Crippen LogP contribution is 2.54. The van der Waals surface area contributed by atoms with Crippen LogP contribution in [0.5, 0.6) is 0 Å². The number of nitrogens with zero attached hydrogens (tertiary/aromatic N) is 1. The lowest BCUT2D eigenvalue weighted by atomic mass is 9.82. The number of anilines is 3. The molecule has 2 heterocycles. The first-order chi connectivity index (χ1) is 25.1. The first-order valence-electron chi connectivity index (χ1n) is 18.2. The highest BCUT2D eigenvalue weighted by atomic mass is 16.3. The Hall–Kier alpha value is -6.06. The molecule has 9 aromatic rings. The molecule has 252 valence electrons. The molecule has 3 heteroatoms. The molecule has 0 fully saturated rings. The first kappa shape index (κ1) is 30.7. The average Bonchev–Trinajstić information content (AvgIpc) is 3.79. The molecule has 0 amide bonds. The van der Waals surface area contributed by atoms with E-state index in [4.69, 9.17) is 8.83 Å². The standard InChI is InChI=1S/C49H39NO2/c1-48(2,3)32-17-22-39-44(27-32)52-43-26-25-40-46(47(39)43)38-24-21-34(28-41(38)49(40,4)5)50(33-18-15-31(16-19-33)30-11-7-6-8-12-30)35-20-23-37-36-13-9-10-14-42(36)51-45(37)29-35/h6-29H,1-5H3. The monoisotopic (exact) mass is 673 g/mol. The van der Waals surface area contributed by atoms with Crippen molar-refractivity contribution in [3.63, 3.8) is 0 Å². The molecule has 10 rings (SSSR count). The molecule has 0 radical (unpaired) electrons. The summed E-state index contributed by atoms with van der Waals surface area (Å²) in [4.78, 5) is 2.36. The molecule has 0 N–H and O–H groups in total. The van der Waals surface area contributed by atoms with E-state index in [0.717, 1.165) is 50.2 Å². The van der Waals surface area contributed by atoms with Gasteiger partial charge in [-0.1, -0.05) is 120 Å². The summed E-state index contributed by atoms with van der Waals surface area (Å²) >= 11 is 0. The SMILES string of the molecule is CC(C)(C)c1ccc2c(c1)oc1ccc3c(c12)-c1ccc(N(c2ccc(-c4ccccc4)cc2)c2ccc4c(c2)oc2ccccc24)cc1C3(C)C. The number of hydrogen-bond donors (Lipinski definition) is 0. The zero-order chi connectivity index (χ0) is 35.4. The summed E-state index contributed by atoms with van der Waals surface area (Å²) < 4.78 is 13.0. The van der Waals surface area contributed by atoms with Crippen LogP contribution in [-0.4, -0.2) is 0 Å². The molecule has 1 aliphatic carbocycles. The van der Waals surface area contributed by atoms with E-state index in [1.165, 1.54) is 49.7 Å². The van der Waals surface area contributed by atoms with E-state index in [2.05, 4.69) is 173 Å². The van der Waals surface area contributed by atoms with Crippen molar-refractivity contribution in [3.8, 4) is 22.3 Å². The second-order valence-corrected chi connectivity index (χ2v) is 15.8. The van der Waals surface area contributed by atoms with Crippen molar-refractivity contribution in [1.29, 1.82) is 0 Å². The number of rotatable bonds is 4. The van der Waals surface area contributed by atoms with E-state index in [1.807, 2.05) is 12.1 Å². The summed E-state index contributed by atoms with van der Waals surface area (Å²) in [5.74, 6) is 0. The number of fused-ring (bicyclic) bond motifs is 10. The van der Waals surface area contributed by atoms with Crippen LogP contribution in [0.3, 0.4) is 0 Å². The molecule has 3 nitrogen and oxygen atoms in total. The van der Waals surface area contributed by atoms with E-state index in [-0.39, 0.29) is 10.8 Å². The fraction of sp³-hybridized carbons (Fsp3) is 0.143. The van der Waals surface area contributed by atoms with E-state index in [1.54, 1.807) is 0 Å². The molecule has 2 aromatic heterocycles. The normalized spacial score (nSPS) is 13.6. The predicted molar refractivity (Wildman–Crippen MR) is 217 cm³/mol. The van der Waals surface area contributed by atoms with E-state index < -0.39 is 0 Å². The van der Waals surface area contributed by atoms with Gasteiger partial charge < -0.3 is 13.7 Å². The van der Waals surface area contributed by atoms with Crippen molar-refractivity contribution in [2.24, 2.45) is 0 Å². The van der Waals surface area contributed by atoms with Gasteiger partial charge in [0.1, 0.15) is 22.3 Å². The number of hydrogen-bond acceptors (Lipinski definition) is 3. The summed E-state index contributed by atoms with van der Waals surface area (Å²) in [7, 11) is 0. The maximum absolute atomic E-state index is 6.56. The van der Waals surface area contributed by atoms with Gasteiger partial charge in [0.25, 0.3) is 0 Å². The van der Waals surface area contributed by atoms with Gasteiger partial charge in [0.2, 0.25) is 0 Å². The second-order valence-electron chi connectivity index (χ2n) is 15.8. The zero-order valence-corrected chi connectivity index (χ0v) is 30.1. The van der Waals surface area contributed by atoms with Crippen molar-refractivity contribution < 1.29 is 8.83 Å². The maximum Gasteiger partial charge on any atom is 0.137 e. The Morgan fingerprint density at radius 2 is 1.12 bits per heavy atom. The van der Waals surface area contributed by atoms with Gasteiger partial charge in [-0.15, -0.1) is 0 Å². The Kier molecular flexibility index (Phi) is 6.48. The number of furan rings is 2. The fourth-order valence-corrected chi connectivity index (χ4v) is 8.42. The molecule has 0 bridgehead atoms. The molecule has 0 saturated heterocycles. The van der Waals surface area contributed by atoms with Crippen LogP contribution in [-0.2, 0) is 10.8 Å². The van der Waals surface area contributed by atoms with Gasteiger partial charge in [-0.2, -0.15) is 0 Å². The maximum atomic E-state index is 6.56. The second kappa shape index (κ2) is 11.0. The molecule has 0 saturated carbocycles. The smallest absolute Gasteiger partial charge is 0.137 e. The predicted octanol–water partition coefficient (Wildman–Crippen LogP) is 14.2. The average molecular weight is 674 g/mol. The molecule has 52 heavy (non-hydrogen) atoms. The fourth-order valence-electron chi connectivity index (χ4n) is 8.42. The lowest BCUT2D eigenvalue weighted by Crippen LogP contribution is -2.16. The van der Waals surface area contributed by atoms with Crippen molar-refractivity contribution in [3.05, 3.63) is 162 Å². The van der Waals surface area contributed by atoms with E-state index >= 15 is 0 Å². The summed E-state index contributed by atoms with van der Waals surface area (Å²) in [6.45, 7) is 11.5. The quantitative estimate of drug-likeness (QED) is 0.186. The van der Waals surface area contributed by atoms with Crippen LogP contribution >= 0.6 is 0 Å². The minimum Gasteiger partial charge on any atom is -0.456 e. The van der Waals surface area contributed by atoms with Gasteiger partial charge in [0.05, 0.1) is 0 Å². The van der Waals surface area contributed by atoms with Crippen molar-refractivity contribution >= 4 is 60.9 Å². The number of benzene rings is 7. The summed E-state index contributed by atoms with van der Waals surface area (Å²) in [5.41, 5.74) is 15.6. The van der Waals surface area contributed by atoms with Gasteiger partial charge >= 0.3 is 0 Å². The Bertz CT molecular complexity index is 2850. The van der Waals surface area contributed by atoms with Crippen molar-refractivity contribution in [2.45, 2.75) is 45.4 Å². The molecular formula is C49H39NO2. The highest BCUT2D eigenvalue weighted by molar-refractivity contribution is 6.15. The van der Waals surface area contributed by atoms with Gasteiger partial charge in [0, 0.05) is 50.1 Å². The summed E-state index contributed by atoms with van der Waals surface area (Å²) in [5, 5.41) is 4.63. The van der Waals surface area contributed by atoms with Gasteiger partial charge in [-0.25, -0.2) is 0 Å². The summed E-state index contributed by atoms with van der Waals surface area (Å²) in [6, 6.07) is 52.5. The Labute approximate surface area is 303 Å². The molecule has 1 aliphatic rings. The van der Waals surface area contributed by atoms with Gasteiger partial charge in [-0.3, -0.25) is 0 Å². The molecule has 0 atom stereocenters. The molecule has 7 aromatic carbocycles. The molecular weight excluding hydrogens is 635 g/mol. The van der Waals surface area contributed by atoms with Crippen LogP contribution in [0, 0.1) is 0 Å². The largest absolute Gasteiger partial charge is 0.456 e. The molecule has 0 aliphatic heterocycles. The highest BCUT2D eigenvalue weighted by Gasteiger charge is 2.38. The minimum atomic E-state index is -0.213. The first-order valence-corrected chi connectivity index (χ1v) is 18.2. The Morgan fingerprint density at radius 1 is 0.481 bits per heavy atom. The van der Waals surface area contributed by atoms with Crippen LogP contribution in [0.2, 0.25) is 0 Å². The van der Waals surface area contributed by atoms with Crippen LogP contribution in [0.15, 0.2) is 154 Å². The van der Waals surface area contributed by atoms with Crippen LogP contribution < -0.4 is 4.90 Å². The topological polar surface area (TPSA) is 29.5 Å². The van der Waals surface area contributed by atoms with Gasteiger partial charge in [0.15, 0.2) is 0 Å². The van der Waals surface area contributed by atoms with E-state index in [9.17, 15) is 0 Å². The lowest BCUT2D eigenvalue weighted by molar-refractivity contribution is 0.587. The van der Waals surface area contributed by atoms with Crippen LogP contribution in [0.1, 0.15) is 51.3 Å². The third-order valence-corrected chi connectivity index (χ3v) is 11.2. The van der Waals surface area contributed by atoms with Gasteiger partial charge in [-0.05, 0) is 99.0 Å². The molecule has 0 spiro atoms. The minimum absolute atomic E-state index is 0.0444. The van der Waals surface area contributed by atoms with Crippen molar-refractivity contribution in [1.82, 2.24) is 0 Å². The third kappa shape index (κ3) is 4.58. The Morgan fingerprint density at radius 3 is 1.92 bits per heavy atom. The summed E-state index contributed by atoms with van der Waals surface area (Å²) in [6.07, 6.45) is 0. The molecule has 0 unspecified atom stereocenters. The lowest BCUT2D eigenvalue weighted by Gasteiger charge is -2.28. The van der Waals surface area contributed by atoms with E-state index in [0.29, 0.717) is 0 Å². The van der Waals surface area contributed by atoms with Crippen LogP contribution in [0.25, 0.3) is 66.1 Å². The number of para-hydroxylation sites is 1.